The fraction of sp³-hybridized carbons (Fsp3) is 0.333. The summed E-state index contributed by atoms with van der Waals surface area (Å²) in [5.41, 5.74) is 2.29. The third-order valence-corrected chi connectivity index (χ3v) is 7.54. The maximum absolute atomic E-state index is 13.5. The molecule has 0 spiro atoms. The number of benzene rings is 1. The summed E-state index contributed by atoms with van der Waals surface area (Å²) in [6.45, 7) is 8.57. The van der Waals surface area contributed by atoms with Gasteiger partial charge in [-0.3, -0.25) is 19.9 Å². The van der Waals surface area contributed by atoms with Crippen LogP contribution in [0.3, 0.4) is 0 Å². The zero-order valence-corrected chi connectivity index (χ0v) is 25.7. The summed E-state index contributed by atoms with van der Waals surface area (Å²) in [5, 5.41) is 12.4. The standard InChI is InChI=1S/C30H30N8O5S/c1-17-12-19(20-13-18(14-31)6-7-23(20)42-5)21(15-32-17)25(39)36-28-35-24-26(44-28)34-22(16-33-24)27(40)37-8-10-38(11-9-37)29(41)43-30(2,3)4/h6-7,12-13,15-16H,8-11H2,1-5H3,(H,33,35,36,39). The first kappa shape index (κ1) is 30.3. The van der Waals surface area contributed by atoms with Crippen molar-refractivity contribution in [1.82, 2.24) is 29.7 Å². The van der Waals surface area contributed by atoms with Crippen molar-refractivity contribution in [2.45, 2.75) is 33.3 Å². The summed E-state index contributed by atoms with van der Waals surface area (Å²) < 4.78 is 10.9. The van der Waals surface area contributed by atoms with E-state index < -0.39 is 17.6 Å². The van der Waals surface area contributed by atoms with Gasteiger partial charge in [0.15, 0.2) is 15.6 Å². The Kier molecular flexibility index (Phi) is 8.41. The van der Waals surface area contributed by atoms with Gasteiger partial charge in [-0.05, 0) is 52.0 Å². The Balaban J connectivity index is 1.32. The van der Waals surface area contributed by atoms with E-state index in [0.29, 0.717) is 59.1 Å². The highest BCUT2D eigenvalue weighted by Gasteiger charge is 2.29. The zero-order chi connectivity index (χ0) is 31.6. The number of rotatable bonds is 5. The highest BCUT2D eigenvalue weighted by molar-refractivity contribution is 7.21. The van der Waals surface area contributed by atoms with Gasteiger partial charge in [-0.15, -0.1) is 0 Å². The van der Waals surface area contributed by atoms with Crippen molar-refractivity contribution in [1.29, 1.82) is 5.26 Å². The molecule has 0 unspecified atom stereocenters. The highest BCUT2D eigenvalue weighted by atomic mass is 32.1. The zero-order valence-electron chi connectivity index (χ0n) is 24.9. The molecular weight excluding hydrogens is 584 g/mol. The Morgan fingerprint density at radius 2 is 1.73 bits per heavy atom. The van der Waals surface area contributed by atoms with E-state index in [1.165, 1.54) is 19.5 Å². The van der Waals surface area contributed by atoms with Crippen LogP contribution in [-0.2, 0) is 4.74 Å². The van der Waals surface area contributed by atoms with Crippen LogP contribution in [0.1, 0.15) is 52.9 Å². The monoisotopic (exact) mass is 614 g/mol. The number of aryl methyl sites for hydroxylation is 1. The van der Waals surface area contributed by atoms with Gasteiger partial charge in [-0.25, -0.2) is 14.8 Å². The molecule has 226 valence electrons. The van der Waals surface area contributed by atoms with Crippen molar-refractivity contribution >= 4 is 44.9 Å². The molecule has 0 atom stereocenters. The lowest BCUT2D eigenvalue weighted by molar-refractivity contribution is 0.0140. The van der Waals surface area contributed by atoms with Crippen LogP contribution in [0.2, 0.25) is 0 Å². The molecule has 13 nitrogen and oxygen atoms in total. The molecule has 1 N–H and O–H groups in total. The van der Waals surface area contributed by atoms with Crippen LogP contribution in [0.15, 0.2) is 36.7 Å². The van der Waals surface area contributed by atoms with E-state index in [9.17, 15) is 19.6 Å². The predicted octanol–water partition coefficient (Wildman–Crippen LogP) is 4.28. The number of nitriles is 1. The summed E-state index contributed by atoms with van der Waals surface area (Å²) in [5.74, 6) is -0.290. The molecule has 1 saturated heterocycles. The van der Waals surface area contributed by atoms with Gasteiger partial charge in [0, 0.05) is 49.2 Å². The second kappa shape index (κ2) is 12.2. The topological polar surface area (TPSA) is 164 Å². The van der Waals surface area contributed by atoms with Crippen LogP contribution >= 0.6 is 11.3 Å². The van der Waals surface area contributed by atoms with Crippen molar-refractivity contribution < 1.29 is 23.9 Å². The SMILES string of the molecule is COc1ccc(C#N)cc1-c1cc(C)ncc1C(=O)Nc1nc2ncc(C(=O)N3CCN(C(=O)OC(C)(C)C)CC3)nc2s1. The van der Waals surface area contributed by atoms with Crippen molar-refractivity contribution in [3.8, 4) is 22.9 Å². The Hall–Kier alpha value is -5.16. The third kappa shape index (κ3) is 6.57. The van der Waals surface area contributed by atoms with Gasteiger partial charge in [-0.2, -0.15) is 10.2 Å². The smallest absolute Gasteiger partial charge is 0.410 e. The van der Waals surface area contributed by atoms with E-state index in [2.05, 4.69) is 31.3 Å². The Morgan fingerprint density at radius 1 is 1.00 bits per heavy atom. The molecule has 1 aliphatic heterocycles. The lowest BCUT2D eigenvalue weighted by Crippen LogP contribution is -2.51. The summed E-state index contributed by atoms with van der Waals surface area (Å²) in [6, 6.07) is 8.84. The highest BCUT2D eigenvalue weighted by Crippen LogP contribution is 2.34. The second-order valence-electron chi connectivity index (χ2n) is 11.0. The number of pyridine rings is 1. The average molecular weight is 615 g/mol. The molecule has 44 heavy (non-hydrogen) atoms. The van der Waals surface area contributed by atoms with Crippen molar-refractivity contribution in [3.05, 3.63) is 59.2 Å². The molecule has 0 aliphatic carbocycles. The average Bonchev–Trinajstić information content (AvgIpc) is 3.40. The number of hydrogen-bond acceptors (Lipinski definition) is 11. The number of anilines is 1. The van der Waals surface area contributed by atoms with E-state index in [1.807, 2.05) is 0 Å². The first-order valence-electron chi connectivity index (χ1n) is 13.7. The van der Waals surface area contributed by atoms with E-state index >= 15 is 0 Å². The van der Waals surface area contributed by atoms with Crippen LogP contribution < -0.4 is 10.1 Å². The normalized spacial score (nSPS) is 13.4. The molecule has 3 amide bonds. The molecule has 4 heterocycles. The number of amides is 3. The molecule has 14 heteroatoms. The van der Waals surface area contributed by atoms with Crippen molar-refractivity contribution in [3.63, 3.8) is 0 Å². The number of carbonyl (C=O) groups is 3. The Morgan fingerprint density at radius 3 is 2.41 bits per heavy atom. The number of methoxy groups -OCH3 is 1. The Labute approximate surface area is 257 Å². The fourth-order valence-corrected chi connectivity index (χ4v) is 5.37. The largest absolute Gasteiger partial charge is 0.496 e. The van der Waals surface area contributed by atoms with Crippen LogP contribution in [0, 0.1) is 18.3 Å². The van der Waals surface area contributed by atoms with Crippen LogP contribution in [0.4, 0.5) is 9.93 Å². The van der Waals surface area contributed by atoms with Gasteiger partial charge in [0.2, 0.25) is 0 Å². The summed E-state index contributed by atoms with van der Waals surface area (Å²) in [7, 11) is 1.52. The van der Waals surface area contributed by atoms with Crippen LogP contribution in [-0.4, -0.2) is 86.5 Å². The number of aromatic nitrogens is 4. The molecule has 1 fully saturated rings. The number of thiazole rings is 1. The molecule has 5 rings (SSSR count). The van der Waals surface area contributed by atoms with Gasteiger partial charge in [0.25, 0.3) is 11.8 Å². The number of carbonyl (C=O) groups excluding carboxylic acids is 3. The number of ether oxygens (including phenoxy) is 2. The van der Waals surface area contributed by atoms with Gasteiger partial charge in [-0.1, -0.05) is 11.3 Å². The maximum atomic E-state index is 13.5. The molecular formula is C30H30N8O5S. The summed E-state index contributed by atoms with van der Waals surface area (Å²) >= 11 is 1.08. The van der Waals surface area contributed by atoms with Gasteiger partial charge in [0.1, 0.15) is 17.0 Å². The molecule has 0 saturated carbocycles. The van der Waals surface area contributed by atoms with E-state index in [0.717, 1.165) is 11.3 Å². The number of piperazine rings is 1. The molecule has 1 aliphatic rings. The summed E-state index contributed by atoms with van der Waals surface area (Å²) in [4.78, 5) is 60.0. The maximum Gasteiger partial charge on any atom is 0.410 e. The van der Waals surface area contributed by atoms with Gasteiger partial charge < -0.3 is 19.3 Å². The summed E-state index contributed by atoms with van der Waals surface area (Å²) in [6.07, 6.45) is 2.40. The number of nitrogens with zero attached hydrogens (tertiary/aromatic N) is 7. The minimum absolute atomic E-state index is 0.138. The fourth-order valence-electron chi connectivity index (χ4n) is 4.57. The minimum atomic E-state index is -0.598. The van der Waals surface area contributed by atoms with E-state index in [1.54, 1.807) is 61.8 Å². The molecule has 4 aromatic rings. The molecule has 3 aromatic heterocycles. The first-order valence-corrected chi connectivity index (χ1v) is 14.5. The van der Waals surface area contributed by atoms with Crippen molar-refractivity contribution in [2.75, 3.05) is 38.6 Å². The van der Waals surface area contributed by atoms with Crippen LogP contribution in [0.25, 0.3) is 21.6 Å². The molecule has 1 aromatic carbocycles. The van der Waals surface area contributed by atoms with Gasteiger partial charge >= 0.3 is 6.09 Å². The molecule has 0 radical (unpaired) electrons. The van der Waals surface area contributed by atoms with E-state index in [-0.39, 0.29) is 27.9 Å². The van der Waals surface area contributed by atoms with E-state index in [4.69, 9.17) is 9.47 Å². The minimum Gasteiger partial charge on any atom is -0.496 e. The number of nitrogens with one attached hydrogen (secondary N) is 1. The lowest BCUT2D eigenvalue weighted by Gasteiger charge is -2.35. The third-order valence-electron chi connectivity index (χ3n) is 6.69. The predicted molar refractivity (Wildman–Crippen MR) is 163 cm³/mol. The quantitative estimate of drug-likeness (QED) is 0.343. The number of fused-ring (bicyclic) bond motifs is 1. The first-order chi connectivity index (χ1) is 21.0. The Bertz CT molecular complexity index is 1800. The number of hydrogen-bond donors (Lipinski definition) is 1. The van der Waals surface area contributed by atoms with Crippen LogP contribution in [0.5, 0.6) is 5.75 Å². The lowest BCUT2D eigenvalue weighted by atomic mass is 9.97. The molecule has 0 bridgehead atoms. The second-order valence-corrected chi connectivity index (χ2v) is 12.0. The van der Waals surface area contributed by atoms with Crippen molar-refractivity contribution in [2.24, 2.45) is 0 Å². The van der Waals surface area contributed by atoms with Gasteiger partial charge in [0.05, 0.1) is 30.5 Å².